The van der Waals surface area contributed by atoms with Crippen LogP contribution in [0.4, 0.5) is 0 Å². The maximum absolute atomic E-state index is 14.4. The topological polar surface area (TPSA) is 68.0 Å². The summed E-state index contributed by atoms with van der Waals surface area (Å²) in [5.41, 5.74) is -0.382. The largest absolute Gasteiger partial charge is 0.523 e. The van der Waals surface area contributed by atoms with E-state index in [1.54, 1.807) is 0 Å². The number of aliphatic hydroxyl groups is 1. The lowest BCUT2D eigenvalue weighted by Crippen LogP contribution is -2.68. The Labute approximate surface area is 217 Å². The fraction of sp³-hybridized carbons (Fsp3) is 0.839. The van der Waals surface area contributed by atoms with E-state index in [1.165, 1.54) is 7.11 Å². The number of Topliss-reactive ketones (excluding diaryl/α,β-unsaturated/α-hetero) is 1. The van der Waals surface area contributed by atoms with Crippen LogP contribution in [0, 0.1) is 63.2 Å². The normalized spacial score (nSPS) is 49.6. The van der Waals surface area contributed by atoms with E-state index in [2.05, 4.69) is 46.4 Å². The number of aliphatic hydroxyl groups excluding tert-OH is 1. The number of methoxy groups -OCH3 is 1. The first-order valence-corrected chi connectivity index (χ1v) is 14.1. The van der Waals surface area contributed by atoms with Crippen molar-refractivity contribution in [1.82, 2.24) is 0 Å². The maximum Gasteiger partial charge on any atom is 0.312 e. The average molecular weight is 496 g/mol. The van der Waals surface area contributed by atoms with Crippen molar-refractivity contribution in [2.24, 2.45) is 56.7 Å². The number of allylic oxidation sites excluding steroid dienone is 2. The highest BCUT2D eigenvalue weighted by Crippen LogP contribution is 2.75. The molecule has 0 unspecified atom stereocenters. The van der Waals surface area contributed by atoms with Crippen molar-refractivity contribution in [2.45, 2.75) is 99.3 Å². The fourth-order valence-corrected chi connectivity index (χ4v) is 10.7. The molecule has 5 nitrogen and oxygen atoms in total. The quantitative estimate of drug-likeness (QED) is 0.310. The minimum Gasteiger partial charge on any atom is -0.523 e. The van der Waals surface area contributed by atoms with Crippen molar-refractivity contribution in [1.29, 1.82) is 0 Å². The first-order chi connectivity index (χ1) is 16.7. The Morgan fingerprint density at radius 3 is 2.33 bits per heavy atom. The van der Waals surface area contributed by atoms with Gasteiger partial charge in [0.05, 0.1) is 24.9 Å². The Morgan fingerprint density at radius 1 is 1.03 bits per heavy atom. The molecule has 36 heavy (non-hydrogen) atoms. The van der Waals surface area contributed by atoms with Crippen LogP contribution in [-0.2, 0) is 14.3 Å². The van der Waals surface area contributed by atoms with Crippen molar-refractivity contribution < 1.29 is 19.4 Å². The highest BCUT2D eigenvalue weighted by molar-refractivity contribution is 5.86. The molecule has 5 rings (SSSR count). The summed E-state index contributed by atoms with van der Waals surface area (Å²) in [6.07, 6.45) is 7.49. The zero-order chi connectivity index (χ0) is 26.5. The maximum atomic E-state index is 14.4. The molecule has 4 fully saturated rings. The Kier molecular flexibility index (Phi) is 5.62. The molecule has 4 saturated carbocycles. The third-order valence-electron chi connectivity index (χ3n) is 13.0. The van der Waals surface area contributed by atoms with Gasteiger partial charge in [0.1, 0.15) is 5.78 Å². The van der Waals surface area contributed by atoms with Crippen molar-refractivity contribution in [2.75, 3.05) is 7.11 Å². The number of ether oxygens (including phenoxy) is 1. The molecule has 0 aromatic heterocycles. The second-order valence-corrected chi connectivity index (χ2v) is 14.7. The number of hydrogen-bond donors (Lipinski definition) is 1. The van der Waals surface area contributed by atoms with Gasteiger partial charge < -0.3 is 9.84 Å². The Bertz CT molecular complexity index is 1070. The monoisotopic (exact) mass is 495 g/mol. The van der Waals surface area contributed by atoms with Gasteiger partial charge in [-0.3, -0.25) is 9.59 Å². The van der Waals surface area contributed by atoms with Crippen LogP contribution < -0.4 is 0 Å². The minimum absolute atomic E-state index is 0.0243. The third kappa shape index (κ3) is 3.05. The smallest absolute Gasteiger partial charge is 0.312 e. The summed E-state index contributed by atoms with van der Waals surface area (Å²) in [7, 11) is 1.51. The van der Waals surface area contributed by atoms with E-state index in [9.17, 15) is 14.7 Å². The number of hydrogen-bond acceptors (Lipinski definition) is 4. The number of ketones is 1. The van der Waals surface area contributed by atoms with Gasteiger partial charge >= 0.3 is 5.97 Å². The molecule has 5 heteroatoms. The second kappa shape index (κ2) is 7.84. The van der Waals surface area contributed by atoms with Crippen molar-refractivity contribution in [3.05, 3.63) is 22.9 Å². The van der Waals surface area contributed by atoms with Gasteiger partial charge in [0.15, 0.2) is 0 Å². The highest BCUT2D eigenvalue weighted by atomic mass is 16.5. The number of carbonyl (C=O) groups excluding carboxylic acids is 2. The molecule has 0 spiro atoms. The Morgan fingerprint density at radius 2 is 1.69 bits per heavy atom. The van der Waals surface area contributed by atoms with Crippen LogP contribution in [0.1, 0.15) is 99.3 Å². The van der Waals surface area contributed by atoms with Gasteiger partial charge in [0.2, 0.25) is 5.70 Å². The van der Waals surface area contributed by atoms with Gasteiger partial charge in [0, 0.05) is 18.3 Å². The number of nitrogens with zero attached hydrogens (tertiary/aromatic N) is 1. The molecular weight excluding hydrogens is 450 g/mol. The van der Waals surface area contributed by atoms with Crippen LogP contribution >= 0.6 is 0 Å². The van der Waals surface area contributed by atoms with E-state index in [1.807, 2.05) is 0 Å². The average Bonchev–Trinajstić information content (AvgIpc) is 2.82. The summed E-state index contributed by atoms with van der Waals surface area (Å²) in [6, 6.07) is 0. The van der Waals surface area contributed by atoms with Gasteiger partial charge in [-0.15, -0.1) is 0 Å². The van der Waals surface area contributed by atoms with Gasteiger partial charge in [-0.05, 0) is 90.8 Å². The van der Waals surface area contributed by atoms with Crippen LogP contribution in [-0.4, -0.2) is 24.0 Å². The zero-order valence-electron chi connectivity index (χ0n) is 23.4. The first-order valence-electron chi connectivity index (χ1n) is 14.1. The lowest BCUT2D eigenvalue weighted by atomic mass is 9.32. The molecule has 5 aliphatic carbocycles. The van der Waals surface area contributed by atoms with Crippen molar-refractivity contribution in [3.8, 4) is 0 Å². The summed E-state index contributed by atoms with van der Waals surface area (Å²) in [4.78, 5) is 31.5. The summed E-state index contributed by atoms with van der Waals surface area (Å²) in [6.45, 7) is 21.5. The molecule has 0 radical (unpaired) electrons. The molecule has 0 aromatic rings. The van der Waals surface area contributed by atoms with Crippen LogP contribution in [0.3, 0.4) is 0 Å². The molecule has 0 bridgehead atoms. The van der Waals surface area contributed by atoms with E-state index in [-0.39, 0.29) is 63.0 Å². The number of esters is 1. The zero-order valence-corrected chi connectivity index (χ0v) is 23.4. The Balaban J connectivity index is 1.61. The summed E-state index contributed by atoms with van der Waals surface area (Å²) < 4.78 is 5.42. The van der Waals surface area contributed by atoms with E-state index in [4.69, 9.17) is 11.3 Å². The minimum atomic E-state index is -0.542. The van der Waals surface area contributed by atoms with E-state index in [0.29, 0.717) is 24.3 Å². The number of fused-ring (bicyclic) bond motifs is 7. The van der Waals surface area contributed by atoms with E-state index in [0.717, 1.165) is 44.9 Å². The third-order valence-corrected chi connectivity index (χ3v) is 13.0. The molecular formula is C31H45NO4. The van der Waals surface area contributed by atoms with Crippen LogP contribution in [0.15, 0.2) is 11.5 Å². The van der Waals surface area contributed by atoms with E-state index < -0.39 is 5.41 Å². The molecule has 5 aliphatic rings. The lowest BCUT2D eigenvalue weighted by Gasteiger charge is -2.71. The number of carbonyl (C=O) groups is 2. The Hall–Kier alpha value is -1.83. The van der Waals surface area contributed by atoms with Gasteiger partial charge in [-0.2, -0.15) is 0 Å². The molecule has 0 saturated heterocycles. The molecule has 0 amide bonds. The highest BCUT2D eigenvalue weighted by Gasteiger charge is 2.72. The number of rotatable bonds is 1. The molecule has 9 atom stereocenters. The molecule has 1 N–H and O–H groups in total. The van der Waals surface area contributed by atoms with Gasteiger partial charge in [-0.1, -0.05) is 41.5 Å². The first kappa shape index (κ1) is 25.8. The molecule has 0 aromatic carbocycles. The predicted octanol–water partition coefficient (Wildman–Crippen LogP) is 7.13. The standard InChI is InChI=1S/C31H45NO4/c1-18-19-9-10-29(5)23(28(19,4)17-21(32-7)25(18)34)15-22(33)24-20-16-27(2,3)11-13-31(20,26(35)36-8)14-12-30(24,29)6/h18-20,23-24,34H,9-17H2,1-6,8H3/t18-,19-,20-,23+,24-,28-,29+,30+,31-/m0/s1. The van der Waals surface area contributed by atoms with Crippen molar-refractivity contribution in [3.63, 3.8) is 0 Å². The molecule has 198 valence electrons. The SMILES string of the molecule is [C-]#[N+]C1=C(O)[C@@H](C)[C@@H]2CC[C@]3(C)[C@H](CC(=O)[C@@H]4[C@@H]5CC(C)(C)CC[C@]5(C(=O)OC)CC[C@]43C)[C@@]2(C)C1. The summed E-state index contributed by atoms with van der Waals surface area (Å²) in [5, 5.41) is 10.8. The van der Waals surface area contributed by atoms with Crippen LogP contribution in [0.2, 0.25) is 0 Å². The van der Waals surface area contributed by atoms with Crippen LogP contribution in [0.5, 0.6) is 0 Å². The summed E-state index contributed by atoms with van der Waals surface area (Å²) in [5.74, 6) is 0.792. The van der Waals surface area contributed by atoms with Gasteiger partial charge in [-0.25, -0.2) is 4.85 Å². The van der Waals surface area contributed by atoms with E-state index >= 15 is 0 Å². The summed E-state index contributed by atoms with van der Waals surface area (Å²) >= 11 is 0. The second-order valence-electron chi connectivity index (χ2n) is 14.7. The molecule has 0 aliphatic heterocycles. The van der Waals surface area contributed by atoms with Gasteiger partial charge in [0.25, 0.3) is 0 Å². The van der Waals surface area contributed by atoms with Crippen LogP contribution in [0.25, 0.3) is 4.85 Å². The lowest BCUT2D eigenvalue weighted by molar-refractivity contribution is -0.229. The van der Waals surface area contributed by atoms with Crippen molar-refractivity contribution >= 4 is 11.8 Å². The molecule has 0 heterocycles. The predicted molar refractivity (Wildman–Crippen MR) is 138 cm³/mol. The fourth-order valence-electron chi connectivity index (χ4n) is 10.7.